The fourth-order valence-electron chi connectivity index (χ4n) is 2.95. The van der Waals surface area contributed by atoms with Crippen LogP contribution < -0.4 is 12.4 Å². The molecule has 0 aliphatic rings. The molecule has 5 heteroatoms. The third-order valence-electron chi connectivity index (χ3n) is 4.38. The first-order valence-electron chi connectivity index (χ1n) is 9.46. The van der Waals surface area contributed by atoms with Crippen molar-refractivity contribution in [3.8, 4) is 0 Å². The van der Waals surface area contributed by atoms with Gasteiger partial charge in [0.25, 0.3) is 5.69 Å². The Balaban J connectivity index is 0.00000576. The monoisotopic (exact) mass is 387 g/mol. The molecule has 3 nitrogen and oxygen atoms in total. The van der Waals surface area contributed by atoms with Crippen molar-refractivity contribution in [3.63, 3.8) is 0 Å². The van der Waals surface area contributed by atoms with Gasteiger partial charge < -0.3 is 12.4 Å². The number of rotatable bonds is 14. The van der Waals surface area contributed by atoms with Gasteiger partial charge in [-0.2, -0.15) is 0 Å². The molecule has 25 heavy (non-hydrogen) atoms. The van der Waals surface area contributed by atoms with Crippen LogP contribution in [0.2, 0.25) is 0 Å². The van der Waals surface area contributed by atoms with E-state index in [1.165, 1.54) is 70.0 Å². The molecule has 0 heterocycles. The number of nitro benzene ring substituents is 1. The maximum atomic E-state index is 10.8. The fourth-order valence-corrected chi connectivity index (χ4v) is 4.54. The molecule has 1 atom stereocenters. The molecular weight excluding hydrogens is 354 g/mol. The first-order valence-corrected chi connectivity index (χ1v) is 11.4. The van der Waals surface area contributed by atoms with Crippen molar-refractivity contribution in [1.29, 1.82) is 0 Å². The van der Waals surface area contributed by atoms with E-state index in [9.17, 15) is 10.1 Å². The number of unbranched alkanes of at least 4 members (excludes halogenated alkanes) is 9. The van der Waals surface area contributed by atoms with E-state index >= 15 is 0 Å². The highest BCUT2D eigenvalue weighted by Crippen LogP contribution is 2.17. The maximum absolute atomic E-state index is 10.8. The molecule has 1 aromatic carbocycles. The van der Waals surface area contributed by atoms with Crippen LogP contribution in [0.3, 0.4) is 0 Å². The minimum absolute atomic E-state index is 0. The van der Waals surface area contributed by atoms with Gasteiger partial charge in [0.1, 0.15) is 11.5 Å². The number of hydrogen-bond acceptors (Lipinski definition) is 2. The molecule has 0 saturated heterocycles. The average molecular weight is 388 g/mol. The summed E-state index contributed by atoms with van der Waals surface area (Å²) in [6, 6.07) is 7.10. The third-order valence-corrected chi connectivity index (χ3v) is 6.19. The van der Waals surface area contributed by atoms with Crippen molar-refractivity contribution in [2.45, 2.75) is 76.9 Å². The zero-order valence-corrected chi connectivity index (χ0v) is 17.4. The van der Waals surface area contributed by atoms with E-state index in [1.807, 2.05) is 6.07 Å². The van der Waals surface area contributed by atoms with Crippen molar-refractivity contribution in [2.75, 3.05) is 12.0 Å². The molecule has 0 amide bonds. The Bertz CT molecular complexity index is 471. The van der Waals surface area contributed by atoms with Crippen LogP contribution >= 0.6 is 0 Å². The number of nitrogens with zero attached hydrogens (tertiary/aromatic N) is 1. The minimum Gasteiger partial charge on any atom is -1.00 e. The number of non-ortho nitro benzene ring substituents is 1. The fraction of sp³-hybridized carbons (Fsp3) is 0.700. The van der Waals surface area contributed by atoms with E-state index in [2.05, 4.69) is 13.2 Å². The summed E-state index contributed by atoms with van der Waals surface area (Å²) >= 11 is 0. The molecule has 0 spiro atoms. The summed E-state index contributed by atoms with van der Waals surface area (Å²) in [4.78, 5) is 10.5. The number of benzene rings is 1. The number of nitro groups is 1. The molecule has 0 aromatic heterocycles. The van der Waals surface area contributed by atoms with Gasteiger partial charge in [-0.1, -0.05) is 70.4 Å². The summed E-state index contributed by atoms with van der Waals surface area (Å²) in [5, 5.41) is 10.8. The zero-order chi connectivity index (χ0) is 17.6. The topological polar surface area (TPSA) is 43.1 Å². The van der Waals surface area contributed by atoms with Crippen LogP contribution in [0.5, 0.6) is 0 Å². The first-order chi connectivity index (χ1) is 11.6. The lowest BCUT2D eigenvalue weighted by molar-refractivity contribution is -0.384. The van der Waals surface area contributed by atoms with Crippen LogP contribution in [0.25, 0.3) is 0 Å². The van der Waals surface area contributed by atoms with E-state index in [-0.39, 0.29) is 23.0 Å². The molecule has 1 unspecified atom stereocenters. The zero-order valence-electron chi connectivity index (χ0n) is 15.8. The van der Waals surface area contributed by atoms with Gasteiger partial charge in [-0.15, -0.1) is 0 Å². The van der Waals surface area contributed by atoms with E-state index < -0.39 is 0 Å². The molecule has 0 saturated carbocycles. The molecule has 0 radical (unpaired) electrons. The van der Waals surface area contributed by atoms with Crippen LogP contribution in [0, 0.1) is 10.1 Å². The highest BCUT2D eigenvalue weighted by Gasteiger charge is 2.14. The van der Waals surface area contributed by atoms with Crippen molar-refractivity contribution in [3.05, 3.63) is 39.9 Å². The Morgan fingerprint density at radius 2 is 1.52 bits per heavy atom. The molecule has 0 aliphatic heterocycles. The van der Waals surface area contributed by atoms with Crippen molar-refractivity contribution in [2.24, 2.45) is 0 Å². The SMILES string of the molecule is CCCCCCCCCCCC[S+](C)Cc1cccc([N+](=O)[O-])c1.[Cl-]. The third kappa shape index (κ3) is 12.3. The second kappa shape index (κ2) is 15.5. The predicted octanol–water partition coefficient (Wildman–Crippen LogP) is 3.27. The Hall–Kier alpha value is -0.740. The number of halogens is 1. The molecule has 1 rings (SSSR count). The molecule has 0 fully saturated rings. The summed E-state index contributed by atoms with van der Waals surface area (Å²) in [6.07, 6.45) is 16.0. The highest BCUT2D eigenvalue weighted by atomic mass is 35.5. The molecule has 0 N–H and O–H groups in total. The van der Waals surface area contributed by atoms with Crippen LogP contribution in [0.1, 0.15) is 76.7 Å². The van der Waals surface area contributed by atoms with Gasteiger partial charge in [0.15, 0.2) is 0 Å². The van der Waals surface area contributed by atoms with Gasteiger partial charge in [-0.25, -0.2) is 0 Å². The normalized spacial score (nSPS) is 11.8. The average Bonchev–Trinajstić information content (AvgIpc) is 2.56. The maximum Gasteiger partial charge on any atom is 0.269 e. The molecule has 0 aliphatic carbocycles. The molecule has 0 bridgehead atoms. The quantitative estimate of drug-likeness (QED) is 0.213. The Morgan fingerprint density at radius 1 is 0.960 bits per heavy atom. The van der Waals surface area contributed by atoms with Gasteiger partial charge in [0.05, 0.1) is 11.2 Å². The van der Waals surface area contributed by atoms with E-state index in [1.54, 1.807) is 18.2 Å². The van der Waals surface area contributed by atoms with Crippen LogP contribution in [0.15, 0.2) is 24.3 Å². The van der Waals surface area contributed by atoms with Crippen LogP contribution in [-0.4, -0.2) is 16.9 Å². The number of hydrogen-bond donors (Lipinski definition) is 0. The summed E-state index contributed by atoms with van der Waals surface area (Å²) in [7, 11) is 0.322. The molecule has 144 valence electrons. The van der Waals surface area contributed by atoms with Crippen molar-refractivity contribution >= 4 is 16.6 Å². The molecular formula is C20H34ClNO2S. The van der Waals surface area contributed by atoms with Gasteiger partial charge in [0.2, 0.25) is 0 Å². The van der Waals surface area contributed by atoms with Gasteiger partial charge in [0, 0.05) is 17.7 Å². The second-order valence-electron chi connectivity index (χ2n) is 6.74. The smallest absolute Gasteiger partial charge is 0.269 e. The lowest BCUT2D eigenvalue weighted by Gasteiger charge is -2.05. The van der Waals surface area contributed by atoms with Crippen LogP contribution in [-0.2, 0) is 16.6 Å². The summed E-state index contributed by atoms with van der Waals surface area (Å²) in [6.45, 7) is 2.26. The Morgan fingerprint density at radius 3 is 2.08 bits per heavy atom. The van der Waals surface area contributed by atoms with E-state index in [4.69, 9.17) is 0 Å². The lowest BCUT2D eigenvalue weighted by Crippen LogP contribution is -3.00. The van der Waals surface area contributed by atoms with E-state index in [0.29, 0.717) is 10.9 Å². The van der Waals surface area contributed by atoms with Gasteiger partial charge >= 0.3 is 0 Å². The highest BCUT2D eigenvalue weighted by molar-refractivity contribution is 7.95. The molecule has 1 aromatic rings. The van der Waals surface area contributed by atoms with Crippen molar-refractivity contribution in [1.82, 2.24) is 0 Å². The van der Waals surface area contributed by atoms with Crippen LogP contribution in [0.4, 0.5) is 5.69 Å². The Kier molecular flexibility index (Phi) is 15.1. The minimum atomic E-state index is -0.306. The second-order valence-corrected chi connectivity index (χ2v) is 9.00. The van der Waals surface area contributed by atoms with Gasteiger partial charge in [-0.05, 0) is 23.7 Å². The van der Waals surface area contributed by atoms with Gasteiger partial charge in [-0.3, -0.25) is 10.1 Å². The van der Waals surface area contributed by atoms with Crippen molar-refractivity contribution < 1.29 is 17.3 Å². The van der Waals surface area contributed by atoms with E-state index in [0.717, 1.165) is 11.3 Å². The standard InChI is InChI=1S/C20H34NO2S.ClH/c1-3-4-5-6-7-8-9-10-11-12-16-24(2)18-19-14-13-15-20(17-19)21(22)23;/h13-15,17H,3-12,16,18H2,1-2H3;1H/q+1;/p-1. The Labute approximate surface area is 162 Å². The summed E-state index contributed by atoms with van der Waals surface area (Å²) in [5.74, 6) is 2.22. The largest absolute Gasteiger partial charge is 1.00 e. The first kappa shape index (κ1) is 24.3. The predicted molar refractivity (Wildman–Crippen MR) is 107 cm³/mol. The lowest BCUT2D eigenvalue weighted by atomic mass is 10.1. The summed E-state index contributed by atoms with van der Waals surface area (Å²) < 4.78 is 0. The summed E-state index contributed by atoms with van der Waals surface area (Å²) in [5.41, 5.74) is 1.31.